The highest BCUT2D eigenvalue weighted by Gasteiger charge is 2.80. The molecule has 0 radical (unpaired) electrons. The van der Waals surface area contributed by atoms with Gasteiger partial charge in [0.25, 0.3) is 0 Å². The van der Waals surface area contributed by atoms with Crippen LogP contribution in [0.4, 0.5) is 0 Å². The molecule has 4 heteroatoms. The third kappa shape index (κ3) is 2.44. The zero-order valence-electron chi connectivity index (χ0n) is 21.4. The van der Waals surface area contributed by atoms with Crippen LogP contribution in [-0.2, 0) is 4.74 Å². The van der Waals surface area contributed by atoms with Crippen LogP contribution in [0.25, 0.3) is 0 Å². The molecule has 0 bridgehead atoms. The molecule has 32 heavy (non-hydrogen) atoms. The lowest BCUT2D eigenvalue weighted by atomic mass is 9.36. The van der Waals surface area contributed by atoms with Gasteiger partial charge in [-0.05, 0) is 73.0 Å². The Bertz CT molecular complexity index is 837. The number of allylic oxidation sites excluding steroid dienone is 1. The Labute approximate surface area is 194 Å². The zero-order chi connectivity index (χ0) is 23.5. The van der Waals surface area contributed by atoms with Gasteiger partial charge in [0.15, 0.2) is 5.79 Å². The second kappa shape index (κ2) is 6.62. The van der Waals surface area contributed by atoms with Crippen LogP contribution in [0.5, 0.6) is 0 Å². The molecule has 182 valence electrons. The second-order valence-corrected chi connectivity index (χ2v) is 13.7. The van der Waals surface area contributed by atoms with Gasteiger partial charge in [-0.1, -0.05) is 60.1 Å². The lowest BCUT2D eigenvalue weighted by Crippen LogP contribution is -2.65. The van der Waals surface area contributed by atoms with Crippen molar-refractivity contribution >= 4 is 0 Å². The molecule has 1 heterocycles. The number of rotatable bonds is 2. The molecule has 10 atom stereocenters. The SMILES string of the molecule is CC(C)C[C@@]1(O)O[C@H]2C[C@@]3(C)C4CC=C5C[C@@H](O)CC[C@]5(C)[C@@]4(C)CC[C@]3(C)[C@@]2(O)[C@@H]1C. The van der Waals surface area contributed by atoms with Gasteiger partial charge in [0.05, 0.1) is 12.2 Å². The van der Waals surface area contributed by atoms with Crippen molar-refractivity contribution in [2.24, 2.45) is 39.4 Å². The molecule has 3 N–H and O–H groups in total. The van der Waals surface area contributed by atoms with E-state index in [2.05, 4.69) is 47.6 Å². The molecule has 4 aliphatic carbocycles. The Morgan fingerprint density at radius 3 is 2.41 bits per heavy atom. The van der Waals surface area contributed by atoms with E-state index in [0.29, 0.717) is 18.3 Å². The fourth-order valence-corrected chi connectivity index (χ4v) is 9.97. The summed E-state index contributed by atoms with van der Waals surface area (Å²) in [7, 11) is 0. The first-order chi connectivity index (χ1) is 14.7. The number of fused-ring (bicyclic) bond motifs is 7. The molecule has 0 aromatic rings. The normalized spacial score (nSPS) is 59.3. The van der Waals surface area contributed by atoms with E-state index in [1.807, 2.05) is 6.92 Å². The van der Waals surface area contributed by atoms with Crippen LogP contribution in [0.15, 0.2) is 11.6 Å². The first-order valence-electron chi connectivity index (χ1n) is 13.2. The van der Waals surface area contributed by atoms with Crippen molar-refractivity contribution < 1.29 is 20.1 Å². The minimum Gasteiger partial charge on any atom is -0.393 e. The molecule has 1 saturated heterocycles. The Morgan fingerprint density at radius 2 is 1.75 bits per heavy atom. The van der Waals surface area contributed by atoms with E-state index >= 15 is 0 Å². The molecule has 1 unspecified atom stereocenters. The largest absolute Gasteiger partial charge is 0.393 e. The topological polar surface area (TPSA) is 69.9 Å². The highest BCUT2D eigenvalue weighted by atomic mass is 16.7. The van der Waals surface area contributed by atoms with Gasteiger partial charge in [-0.15, -0.1) is 0 Å². The average Bonchev–Trinajstić information content (AvgIpc) is 2.98. The predicted molar refractivity (Wildman–Crippen MR) is 126 cm³/mol. The van der Waals surface area contributed by atoms with Crippen LogP contribution in [0, 0.1) is 39.4 Å². The van der Waals surface area contributed by atoms with E-state index in [1.54, 1.807) is 0 Å². The van der Waals surface area contributed by atoms with E-state index in [4.69, 9.17) is 4.74 Å². The summed E-state index contributed by atoms with van der Waals surface area (Å²) in [5, 5.41) is 34.3. The lowest BCUT2D eigenvalue weighted by Gasteiger charge is -2.68. The van der Waals surface area contributed by atoms with E-state index in [0.717, 1.165) is 44.9 Å². The smallest absolute Gasteiger partial charge is 0.171 e. The summed E-state index contributed by atoms with van der Waals surface area (Å²) in [5.41, 5.74) is 0.359. The van der Waals surface area contributed by atoms with Crippen LogP contribution in [0.1, 0.15) is 99.8 Å². The van der Waals surface area contributed by atoms with Gasteiger partial charge in [0.1, 0.15) is 5.60 Å². The Hall–Kier alpha value is -0.420. The minimum atomic E-state index is -1.25. The average molecular weight is 447 g/mol. The Morgan fingerprint density at radius 1 is 1.06 bits per heavy atom. The zero-order valence-corrected chi connectivity index (χ0v) is 21.4. The number of aliphatic hydroxyl groups excluding tert-OH is 1. The third-order valence-corrected chi connectivity index (χ3v) is 12.3. The van der Waals surface area contributed by atoms with E-state index in [9.17, 15) is 15.3 Å². The number of aliphatic hydroxyl groups is 3. The molecule has 0 amide bonds. The van der Waals surface area contributed by atoms with Crippen LogP contribution < -0.4 is 0 Å². The van der Waals surface area contributed by atoms with Crippen LogP contribution in [0.2, 0.25) is 0 Å². The number of hydrogen-bond donors (Lipinski definition) is 3. The van der Waals surface area contributed by atoms with Crippen LogP contribution in [0.3, 0.4) is 0 Å². The lowest BCUT2D eigenvalue weighted by molar-refractivity contribution is -0.243. The van der Waals surface area contributed by atoms with E-state index in [-0.39, 0.29) is 39.8 Å². The summed E-state index contributed by atoms with van der Waals surface area (Å²) in [6, 6.07) is 0. The molecule has 4 nitrogen and oxygen atoms in total. The van der Waals surface area contributed by atoms with Gasteiger partial charge in [-0.25, -0.2) is 0 Å². The quantitative estimate of drug-likeness (QED) is 0.510. The standard InChI is InChI=1S/C28H46O4/c1-17(2)15-27(30)18(3)28(31)22(32-27)16-25(6)21-9-8-19-14-20(29)10-11-23(19,4)24(21,5)12-13-26(25,28)7/h8,17-18,20-22,29-31H,9-16H2,1-7H3/t18-,20+,21?,22+,23+,24+,25+,26+,27-,28-/m1/s1. The van der Waals surface area contributed by atoms with Crippen molar-refractivity contribution in [3.05, 3.63) is 11.6 Å². The molecule has 5 aliphatic rings. The molecule has 4 fully saturated rings. The fraction of sp³-hybridized carbons (Fsp3) is 0.929. The maximum Gasteiger partial charge on any atom is 0.171 e. The molecule has 0 aromatic carbocycles. The van der Waals surface area contributed by atoms with Gasteiger partial charge in [0, 0.05) is 17.8 Å². The fourth-order valence-electron chi connectivity index (χ4n) is 9.97. The third-order valence-electron chi connectivity index (χ3n) is 12.3. The van der Waals surface area contributed by atoms with Crippen molar-refractivity contribution in [2.75, 3.05) is 0 Å². The van der Waals surface area contributed by atoms with Crippen molar-refractivity contribution in [2.45, 2.75) is 123 Å². The monoisotopic (exact) mass is 446 g/mol. The summed E-state index contributed by atoms with van der Waals surface area (Å²) >= 11 is 0. The van der Waals surface area contributed by atoms with Gasteiger partial charge in [0.2, 0.25) is 0 Å². The number of hydrogen-bond acceptors (Lipinski definition) is 4. The molecule has 0 spiro atoms. The molecule has 3 saturated carbocycles. The number of ether oxygens (including phenoxy) is 1. The minimum absolute atomic E-state index is 0.0616. The van der Waals surface area contributed by atoms with Crippen molar-refractivity contribution in [3.8, 4) is 0 Å². The first kappa shape index (κ1) is 23.3. The van der Waals surface area contributed by atoms with Gasteiger partial charge in [-0.2, -0.15) is 0 Å². The Kier molecular flexibility index (Phi) is 4.83. The van der Waals surface area contributed by atoms with Gasteiger partial charge in [-0.3, -0.25) is 0 Å². The van der Waals surface area contributed by atoms with Crippen molar-refractivity contribution in [3.63, 3.8) is 0 Å². The highest BCUT2D eigenvalue weighted by molar-refractivity contribution is 5.33. The molecule has 5 rings (SSSR count). The highest BCUT2D eigenvalue weighted by Crippen LogP contribution is 2.79. The maximum atomic E-state index is 12.4. The maximum absolute atomic E-state index is 12.4. The molecular formula is C28H46O4. The van der Waals surface area contributed by atoms with Crippen molar-refractivity contribution in [1.82, 2.24) is 0 Å². The van der Waals surface area contributed by atoms with Gasteiger partial charge >= 0.3 is 0 Å². The van der Waals surface area contributed by atoms with Crippen molar-refractivity contribution in [1.29, 1.82) is 0 Å². The predicted octanol–water partition coefficient (Wildman–Crippen LogP) is 5.20. The Balaban J connectivity index is 1.56. The van der Waals surface area contributed by atoms with Gasteiger partial charge < -0.3 is 20.1 Å². The summed E-state index contributed by atoms with van der Waals surface area (Å²) in [6.45, 7) is 15.9. The summed E-state index contributed by atoms with van der Waals surface area (Å²) < 4.78 is 6.44. The van der Waals surface area contributed by atoms with Crippen LogP contribution >= 0.6 is 0 Å². The first-order valence-corrected chi connectivity index (χ1v) is 13.2. The molecule has 0 aromatic heterocycles. The summed E-state index contributed by atoms with van der Waals surface area (Å²) in [5.74, 6) is -0.790. The van der Waals surface area contributed by atoms with Crippen LogP contribution in [-0.4, -0.2) is 38.9 Å². The molecule has 1 aliphatic heterocycles. The second-order valence-electron chi connectivity index (χ2n) is 13.7. The van der Waals surface area contributed by atoms with E-state index in [1.165, 1.54) is 5.57 Å². The summed E-state index contributed by atoms with van der Waals surface area (Å²) in [4.78, 5) is 0. The van der Waals surface area contributed by atoms with E-state index < -0.39 is 11.4 Å². The molecular weight excluding hydrogens is 400 g/mol. The summed E-state index contributed by atoms with van der Waals surface area (Å²) in [6.07, 6.45) is 9.13.